The largest absolute Gasteiger partial charge is 0.416 e. The van der Waals surface area contributed by atoms with Crippen molar-refractivity contribution in [1.29, 1.82) is 0 Å². The zero-order valence-electron chi connectivity index (χ0n) is 23.2. The molecule has 1 aliphatic heterocycles. The maximum absolute atomic E-state index is 13.0. The number of carbonyl (C=O) groups excluding carboxylic acids is 1. The third-order valence-corrected chi connectivity index (χ3v) is 9.11. The van der Waals surface area contributed by atoms with Crippen molar-refractivity contribution in [3.05, 3.63) is 95.1 Å². The van der Waals surface area contributed by atoms with E-state index < -0.39 is 21.6 Å². The van der Waals surface area contributed by atoms with E-state index >= 15 is 0 Å². The number of nitrogens with one attached hydrogen (secondary N) is 1. The molecule has 1 heterocycles. The molecule has 1 fully saturated rings. The van der Waals surface area contributed by atoms with Crippen molar-refractivity contribution in [2.75, 3.05) is 30.4 Å². The third kappa shape index (κ3) is 7.68. The number of carbonyl (C=O) groups is 1. The number of rotatable bonds is 11. The Morgan fingerprint density at radius 1 is 0.976 bits per heavy atom. The number of benzene rings is 3. The topological polar surface area (TPSA) is 75.7 Å². The Morgan fingerprint density at radius 2 is 1.63 bits per heavy atom. The predicted octanol–water partition coefficient (Wildman–Crippen LogP) is 6.22. The van der Waals surface area contributed by atoms with E-state index in [1.807, 2.05) is 19.1 Å². The first-order valence-corrected chi connectivity index (χ1v) is 15.4. The van der Waals surface area contributed by atoms with Crippen molar-refractivity contribution < 1.29 is 31.1 Å². The zero-order chi connectivity index (χ0) is 29.6. The van der Waals surface area contributed by atoms with Gasteiger partial charge in [-0.1, -0.05) is 38.1 Å². The average Bonchev–Trinajstić information content (AvgIpc) is 3.40. The summed E-state index contributed by atoms with van der Waals surface area (Å²) in [5, 5.41) is 2.86. The minimum absolute atomic E-state index is 0.0265. The summed E-state index contributed by atoms with van der Waals surface area (Å²) in [7, 11) is -3.28. The number of sulfone groups is 1. The zero-order valence-corrected chi connectivity index (χ0v) is 24.0. The van der Waals surface area contributed by atoms with Crippen LogP contribution in [0.3, 0.4) is 0 Å². The van der Waals surface area contributed by atoms with Crippen molar-refractivity contribution in [3.63, 3.8) is 0 Å². The monoisotopic (exact) mass is 588 g/mol. The van der Waals surface area contributed by atoms with Crippen LogP contribution in [0.25, 0.3) is 0 Å². The van der Waals surface area contributed by atoms with Crippen molar-refractivity contribution in [3.8, 4) is 0 Å². The Hall–Kier alpha value is -3.37. The minimum atomic E-state index is -4.37. The molecule has 1 N–H and O–H groups in total. The summed E-state index contributed by atoms with van der Waals surface area (Å²) in [6.45, 7) is 5.65. The van der Waals surface area contributed by atoms with Crippen molar-refractivity contribution in [2.24, 2.45) is 0 Å². The van der Waals surface area contributed by atoms with Crippen molar-refractivity contribution in [1.82, 2.24) is 5.32 Å². The Bertz CT molecular complexity index is 1410. The number of hydrogen-bond donors (Lipinski definition) is 1. The Kier molecular flexibility index (Phi) is 9.76. The Morgan fingerprint density at radius 3 is 2.22 bits per heavy atom. The van der Waals surface area contributed by atoms with Crippen LogP contribution in [-0.2, 0) is 27.3 Å². The number of nitrogens with zero attached hydrogens (tertiary/aromatic N) is 1. The standard InChI is InChI=1S/C31H35F3N2O4S/c1-3-17-40-21-28-18-25(23-7-11-26(12-8-23)31(32,33)34)20-36(28)27-13-9-24(10-14-27)30(37)35-19-22-5-15-29(16-6-22)41(38,39)4-2/h5-16,25,28H,3-4,17-21H2,1-2H3,(H,35,37)/t25?,28-/m0/s1. The van der Waals surface area contributed by atoms with Crippen LogP contribution >= 0.6 is 0 Å². The molecule has 6 nitrogen and oxygen atoms in total. The van der Waals surface area contributed by atoms with Gasteiger partial charge < -0.3 is 15.0 Å². The van der Waals surface area contributed by atoms with E-state index in [1.165, 1.54) is 0 Å². The van der Waals surface area contributed by atoms with E-state index in [2.05, 4.69) is 10.2 Å². The number of ether oxygens (including phenoxy) is 1. The SMILES string of the molecule is CCCOC[C@@H]1CC(c2ccc(C(F)(F)F)cc2)CN1c1ccc(C(=O)NCc2ccc(S(=O)(=O)CC)cc2)cc1. The smallest absolute Gasteiger partial charge is 0.379 e. The van der Waals surface area contributed by atoms with E-state index in [0.29, 0.717) is 25.3 Å². The van der Waals surface area contributed by atoms with Gasteiger partial charge in [-0.25, -0.2) is 8.42 Å². The molecule has 3 aromatic carbocycles. The molecule has 41 heavy (non-hydrogen) atoms. The molecule has 0 aromatic heterocycles. The molecular weight excluding hydrogens is 553 g/mol. The molecule has 1 aliphatic rings. The molecule has 0 radical (unpaired) electrons. The summed E-state index contributed by atoms with van der Waals surface area (Å²) in [5.41, 5.74) is 2.38. The van der Waals surface area contributed by atoms with Gasteiger partial charge in [0.15, 0.2) is 9.84 Å². The number of amides is 1. The van der Waals surface area contributed by atoms with E-state index in [9.17, 15) is 26.4 Å². The first-order valence-electron chi connectivity index (χ1n) is 13.7. The van der Waals surface area contributed by atoms with Gasteiger partial charge in [-0.3, -0.25) is 4.79 Å². The number of hydrogen-bond acceptors (Lipinski definition) is 5. The van der Waals surface area contributed by atoms with Crippen LogP contribution in [-0.4, -0.2) is 45.9 Å². The first-order chi connectivity index (χ1) is 19.5. The van der Waals surface area contributed by atoms with Gasteiger partial charge in [0, 0.05) is 36.9 Å². The van der Waals surface area contributed by atoms with Gasteiger partial charge in [0.2, 0.25) is 0 Å². The van der Waals surface area contributed by atoms with Crippen LogP contribution in [0.2, 0.25) is 0 Å². The van der Waals surface area contributed by atoms with Crippen LogP contribution < -0.4 is 10.2 Å². The van der Waals surface area contributed by atoms with E-state index in [-0.39, 0.29) is 35.1 Å². The van der Waals surface area contributed by atoms with Gasteiger partial charge >= 0.3 is 6.18 Å². The number of alkyl halides is 3. The van der Waals surface area contributed by atoms with Crippen molar-refractivity contribution >= 4 is 21.4 Å². The lowest BCUT2D eigenvalue weighted by Gasteiger charge is -2.27. The highest BCUT2D eigenvalue weighted by atomic mass is 32.2. The van der Waals surface area contributed by atoms with E-state index in [4.69, 9.17) is 4.74 Å². The summed E-state index contributed by atoms with van der Waals surface area (Å²) >= 11 is 0. The molecule has 0 saturated carbocycles. The molecular formula is C31H35F3N2O4S. The summed E-state index contributed by atoms with van der Waals surface area (Å²) in [6, 6.07) is 19.2. The van der Waals surface area contributed by atoms with Crippen LogP contribution in [0.4, 0.5) is 18.9 Å². The fourth-order valence-electron chi connectivity index (χ4n) is 5.01. The number of halogens is 3. The molecule has 1 unspecified atom stereocenters. The Balaban J connectivity index is 1.42. The molecule has 10 heteroatoms. The average molecular weight is 589 g/mol. The number of anilines is 1. The Labute approximate surface area is 239 Å². The van der Waals surface area contributed by atoms with Gasteiger partial charge in [0.05, 0.1) is 28.9 Å². The molecule has 0 aliphatic carbocycles. The lowest BCUT2D eigenvalue weighted by atomic mass is 9.95. The minimum Gasteiger partial charge on any atom is -0.379 e. The fraction of sp³-hybridized carbons (Fsp3) is 0.387. The summed E-state index contributed by atoms with van der Waals surface area (Å²) in [6.07, 6.45) is -2.73. The maximum atomic E-state index is 13.0. The van der Waals surface area contributed by atoms with Crippen LogP contribution in [0, 0.1) is 0 Å². The van der Waals surface area contributed by atoms with E-state index in [0.717, 1.165) is 41.8 Å². The lowest BCUT2D eigenvalue weighted by Crippen LogP contribution is -2.33. The van der Waals surface area contributed by atoms with Crippen LogP contribution in [0.1, 0.15) is 59.7 Å². The van der Waals surface area contributed by atoms with E-state index in [1.54, 1.807) is 55.5 Å². The lowest BCUT2D eigenvalue weighted by molar-refractivity contribution is -0.137. The molecule has 1 amide bonds. The fourth-order valence-corrected chi connectivity index (χ4v) is 5.89. The highest BCUT2D eigenvalue weighted by Gasteiger charge is 2.35. The van der Waals surface area contributed by atoms with Crippen LogP contribution in [0.15, 0.2) is 77.7 Å². The second kappa shape index (κ2) is 13.1. The summed E-state index contributed by atoms with van der Waals surface area (Å²) in [5.74, 6) is -0.179. The molecule has 3 aromatic rings. The van der Waals surface area contributed by atoms with Crippen LogP contribution in [0.5, 0.6) is 0 Å². The molecule has 220 valence electrons. The van der Waals surface area contributed by atoms with Gasteiger partial charge in [-0.05, 0) is 72.5 Å². The third-order valence-electron chi connectivity index (χ3n) is 7.36. The molecule has 0 bridgehead atoms. The molecule has 1 saturated heterocycles. The second-order valence-electron chi connectivity index (χ2n) is 10.2. The normalized spacial score (nSPS) is 17.5. The quantitative estimate of drug-likeness (QED) is 0.269. The summed E-state index contributed by atoms with van der Waals surface area (Å²) < 4.78 is 68.9. The maximum Gasteiger partial charge on any atom is 0.416 e. The molecule has 4 rings (SSSR count). The highest BCUT2D eigenvalue weighted by Crippen LogP contribution is 2.37. The first kappa shape index (κ1) is 30.6. The van der Waals surface area contributed by atoms with Gasteiger partial charge in [0.1, 0.15) is 0 Å². The molecule has 2 atom stereocenters. The predicted molar refractivity (Wildman–Crippen MR) is 153 cm³/mol. The molecule has 0 spiro atoms. The highest BCUT2D eigenvalue weighted by molar-refractivity contribution is 7.91. The van der Waals surface area contributed by atoms with Gasteiger partial charge in [0.25, 0.3) is 5.91 Å². The summed E-state index contributed by atoms with van der Waals surface area (Å²) in [4.78, 5) is 15.2. The second-order valence-corrected chi connectivity index (χ2v) is 12.5. The van der Waals surface area contributed by atoms with Gasteiger partial charge in [-0.15, -0.1) is 0 Å². The van der Waals surface area contributed by atoms with Gasteiger partial charge in [-0.2, -0.15) is 13.2 Å². The van der Waals surface area contributed by atoms with Crippen molar-refractivity contribution in [2.45, 2.75) is 56.3 Å².